The fraction of sp³-hybridized carbons (Fsp3) is 0.400. The molecule has 2 heterocycles. The fourth-order valence-corrected chi connectivity index (χ4v) is 2.72. The van der Waals surface area contributed by atoms with Gasteiger partial charge in [-0.3, -0.25) is 0 Å². The molecule has 0 aliphatic heterocycles. The average Bonchev–Trinajstić information content (AvgIpc) is 2.84. The Balaban J connectivity index is 2.20. The summed E-state index contributed by atoms with van der Waals surface area (Å²) in [5.41, 5.74) is 3.99. The van der Waals surface area contributed by atoms with Gasteiger partial charge in [0, 0.05) is 11.6 Å². The lowest BCUT2D eigenvalue weighted by Crippen LogP contribution is -2.00. The van der Waals surface area contributed by atoms with Crippen molar-refractivity contribution < 1.29 is 0 Å². The first-order chi connectivity index (χ1) is 6.86. The van der Waals surface area contributed by atoms with Gasteiger partial charge in [-0.2, -0.15) is 5.10 Å². The molecular formula is C10H11N3S. The smallest absolute Gasteiger partial charge is 0.210 e. The molecule has 1 aliphatic carbocycles. The molecule has 0 amide bonds. The lowest BCUT2D eigenvalue weighted by Gasteiger charge is -1.98. The van der Waals surface area contributed by atoms with Crippen LogP contribution in [0.1, 0.15) is 23.4 Å². The van der Waals surface area contributed by atoms with Gasteiger partial charge in [-0.15, -0.1) is 11.3 Å². The molecule has 2 aromatic heterocycles. The van der Waals surface area contributed by atoms with Gasteiger partial charge in [0.2, 0.25) is 5.13 Å². The van der Waals surface area contributed by atoms with E-state index in [1.54, 1.807) is 11.3 Å². The molecule has 3 nitrogen and oxygen atoms in total. The molecule has 0 saturated carbocycles. The molecule has 1 aliphatic rings. The van der Waals surface area contributed by atoms with Crippen molar-refractivity contribution in [1.29, 1.82) is 0 Å². The van der Waals surface area contributed by atoms with Crippen LogP contribution in [0.15, 0.2) is 11.6 Å². The van der Waals surface area contributed by atoms with Gasteiger partial charge in [0.25, 0.3) is 0 Å². The van der Waals surface area contributed by atoms with E-state index in [9.17, 15) is 0 Å². The highest BCUT2D eigenvalue weighted by Crippen LogP contribution is 2.27. The van der Waals surface area contributed by atoms with Crippen molar-refractivity contribution in [2.24, 2.45) is 0 Å². The minimum absolute atomic E-state index is 0.997. The molecule has 0 fully saturated rings. The highest BCUT2D eigenvalue weighted by molar-refractivity contribution is 7.12. The zero-order chi connectivity index (χ0) is 9.54. The summed E-state index contributed by atoms with van der Waals surface area (Å²) in [6.45, 7) is 2.09. The highest BCUT2D eigenvalue weighted by atomic mass is 32.1. The van der Waals surface area contributed by atoms with Crippen molar-refractivity contribution in [2.45, 2.75) is 26.2 Å². The average molecular weight is 205 g/mol. The minimum atomic E-state index is 0.997. The van der Waals surface area contributed by atoms with Gasteiger partial charge in [0.05, 0.1) is 11.4 Å². The van der Waals surface area contributed by atoms with Crippen molar-refractivity contribution in [3.8, 4) is 5.13 Å². The van der Waals surface area contributed by atoms with Crippen LogP contribution >= 0.6 is 11.3 Å². The maximum atomic E-state index is 4.54. The monoisotopic (exact) mass is 205 g/mol. The molecule has 14 heavy (non-hydrogen) atoms. The molecule has 72 valence electrons. The van der Waals surface area contributed by atoms with Gasteiger partial charge < -0.3 is 0 Å². The summed E-state index contributed by atoms with van der Waals surface area (Å²) in [6.07, 6.45) is 5.43. The molecule has 4 heteroatoms. The van der Waals surface area contributed by atoms with E-state index in [0.717, 1.165) is 11.6 Å². The van der Waals surface area contributed by atoms with E-state index in [4.69, 9.17) is 0 Å². The Bertz CT molecular complexity index is 456. The van der Waals surface area contributed by atoms with Gasteiger partial charge in [-0.1, -0.05) is 0 Å². The molecule has 0 N–H and O–H groups in total. The van der Waals surface area contributed by atoms with Crippen molar-refractivity contribution >= 4 is 11.3 Å². The molecule has 0 saturated heterocycles. The van der Waals surface area contributed by atoms with Crippen LogP contribution in [0.25, 0.3) is 5.13 Å². The van der Waals surface area contributed by atoms with Crippen LogP contribution in [0.2, 0.25) is 0 Å². The Morgan fingerprint density at radius 3 is 3.14 bits per heavy atom. The maximum absolute atomic E-state index is 4.54. The zero-order valence-corrected chi connectivity index (χ0v) is 8.84. The maximum Gasteiger partial charge on any atom is 0.210 e. The number of rotatable bonds is 1. The fourth-order valence-electron chi connectivity index (χ4n) is 2.10. The summed E-state index contributed by atoms with van der Waals surface area (Å²) in [5, 5.41) is 7.53. The minimum Gasteiger partial charge on any atom is -0.227 e. The summed E-state index contributed by atoms with van der Waals surface area (Å²) in [4.78, 5) is 4.30. The zero-order valence-electron chi connectivity index (χ0n) is 8.03. The Kier molecular flexibility index (Phi) is 1.70. The third-order valence-corrected chi connectivity index (χ3v) is 3.48. The normalized spacial score (nSPS) is 14.6. The largest absolute Gasteiger partial charge is 0.227 e. The first-order valence-corrected chi connectivity index (χ1v) is 5.71. The molecular weight excluding hydrogens is 194 g/mol. The van der Waals surface area contributed by atoms with E-state index in [1.165, 1.54) is 29.8 Å². The van der Waals surface area contributed by atoms with Crippen molar-refractivity contribution in [2.75, 3.05) is 0 Å². The van der Waals surface area contributed by atoms with Crippen LogP contribution in [-0.4, -0.2) is 14.8 Å². The topological polar surface area (TPSA) is 30.7 Å². The molecule has 0 bridgehead atoms. The van der Waals surface area contributed by atoms with E-state index in [1.807, 2.05) is 16.3 Å². The summed E-state index contributed by atoms with van der Waals surface area (Å²) >= 11 is 1.64. The lowest BCUT2D eigenvalue weighted by atomic mass is 10.2. The second-order valence-corrected chi connectivity index (χ2v) is 4.46. The predicted octanol–water partition coefficient (Wildman–Crippen LogP) is 2.13. The highest BCUT2D eigenvalue weighted by Gasteiger charge is 2.21. The summed E-state index contributed by atoms with van der Waals surface area (Å²) in [7, 11) is 0. The molecule has 0 aromatic carbocycles. The number of fused-ring (bicyclic) bond motifs is 1. The van der Waals surface area contributed by atoms with E-state index in [-0.39, 0.29) is 0 Å². The number of aromatic nitrogens is 3. The van der Waals surface area contributed by atoms with Crippen LogP contribution < -0.4 is 0 Å². The number of hydrogen-bond donors (Lipinski definition) is 0. The van der Waals surface area contributed by atoms with E-state index >= 15 is 0 Å². The molecule has 0 spiro atoms. The Morgan fingerprint density at radius 1 is 1.43 bits per heavy atom. The van der Waals surface area contributed by atoms with Crippen LogP contribution in [0.5, 0.6) is 0 Å². The molecule has 2 aromatic rings. The molecule has 0 radical (unpaired) electrons. The first kappa shape index (κ1) is 8.17. The van der Waals surface area contributed by atoms with E-state index in [0.29, 0.717) is 0 Å². The summed E-state index contributed by atoms with van der Waals surface area (Å²) in [5.74, 6) is 0. The SMILES string of the molecule is Cc1nn(-c2nccs2)c2c1CCC2. The van der Waals surface area contributed by atoms with Crippen molar-refractivity contribution in [1.82, 2.24) is 14.8 Å². The third kappa shape index (κ3) is 1.04. The Morgan fingerprint density at radius 2 is 2.36 bits per heavy atom. The van der Waals surface area contributed by atoms with Gasteiger partial charge in [-0.05, 0) is 31.7 Å². The quantitative estimate of drug-likeness (QED) is 0.714. The van der Waals surface area contributed by atoms with Gasteiger partial charge in [0.1, 0.15) is 0 Å². The van der Waals surface area contributed by atoms with Crippen LogP contribution in [-0.2, 0) is 12.8 Å². The van der Waals surface area contributed by atoms with Crippen molar-refractivity contribution in [3.63, 3.8) is 0 Å². The standard InChI is InChI=1S/C10H11N3S/c1-7-8-3-2-4-9(8)13(12-7)10-11-5-6-14-10/h5-6H,2-4H2,1H3. The van der Waals surface area contributed by atoms with E-state index < -0.39 is 0 Å². The third-order valence-electron chi connectivity index (χ3n) is 2.73. The van der Waals surface area contributed by atoms with Gasteiger partial charge in [-0.25, -0.2) is 9.67 Å². The van der Waals surface area contributed by atoms with Crippen LogP contribution in [0, 0.1) is 6.92 Å². The number of nitrogens with zero attached hydrogens (tertiary/aromatic N) is 3. The van der Waals surface area contributed by atoms with Crippen LogP contribution in [0.3, 0.4) is 0 Å². The summed E-state index contributed by atoms with van der Waals surface area (Å²) < 4.78 is 2.02. The number of hydrogen-bond acceptors (Lipinski definition) is 3. The van der Waals surface area contributed by atoms with Gasteiger partial charge >= 0.3 is 0 Å². The molecule has 0 atom stereocenters. The van der Waals surface area contributed by atoms with Crippen molar-refractivity contribution in [3.05, 3.63) is 28.5 Å². The number of aryl methyl sites for hydroxylation is 1. The Hall–Kier alpha value is -1.16. The molecule has 3 rings (SSSR count). The predicted molar refractivity (Wildman–Crippen MR) is 56.0 cm³/mol. The summed E-state index contributed by atoms with van der Waals surface area (Å²) in [6, 6.07) is 0. The first-order valence-electron chi connectivity index (χ1n) is 4.83. The second kappa shape index (κ2) is 2.92. The Labute approximate surface area is 86.4 Å². The lowest BCUT2D eigenvalue weighted by molar-refractivity contribution is 0.768. The molecule has 0 unspecified atom stereocenters. The van der Waals surface area contributed by atoms with Gasteiger partial charge in [0.15, 0.2) is 0 Å². The van der Waals surface area contributed by atoms with Crippen LogP contribution in [0.4, 0.5) is 0 Å². The second-order valence-electron chi connectivity index (χ2n) is 3.59. The van der Waals surface area contributed by atoms with E-state index in [2.05, 4.69) is 17.0 Å². The number of thiazole rings is 1.